The summed E-state index contributed by atoms with van der Waals surface area (Å²) in [7, 11) is 1.98. The Bertz CT molecular complexity index is 511. The Kier molecular flexibility index (Phi) is 3.40. The molecule has 0 amide bonds. The molecule has 0 spiro atoms. The predicted octanol–water partition coefficient (Wildman–Crippen LogP) is 2.65. The van der Waals surface area contributed by atoms with Crippen LogP contribution >= 0.6 is 0 Å². The predicted molar refractivity (Wildman–Crippen MR) is 69.4 cm³/mol. The summed E-state index contributed by atoms with van der Waals surface area (Å²) < 4.78 is 0. The van der Waals surface area contributed by atoms with E-state index in [1.807, 2.05) is 30.1 Å². The van der Waals surface area contributed by atoms with E-state index in [-0.39, 0.29) is 6.61 Å². The van der Waals surface area contributed by atoms with E-state index in [1.165, 1.54) is 5.56 Å². The van der Waals surface area contributed by atoms with Crippen LogP contribution in [0.4, 0.5) is 11.4 Å². The van der Waals surface area contributed by atoms with Gasteiger partial charge in [0, 0.05) is 24.5 Å². The highest BCUT2D eigenvalue weighted by molar-refractivity contribution is 5.65. The molecule has 0 saturated carbocycles. The lowest BCUT2D eigenvalue weighted by atomic mass is 10.1. The third-order valence-corrected chi connectivity index (χ3v) is 2.81. The van der Waals surface area contributed by atoms with Crippen molar-refractivity contribution in [3.05, 3.63) is 53.9 Å². The Hall–Kier alpha value is -1.87. The maximum Gasteiger partial charge on any atom is 0.0703 e. The van der Waals surface area contributed by atoms with Gasteiger partial charge in [0.2, 0.25) is 0 Å². The number of hydrogen-bond donors (Lipinski definition) is 1. The van der Waals surface area contributed by atoms with E-state index in [9.17, 15) is 5.11 Å². The van der Waals surface area contributed by atoms with E-state index in [1.54, 1.807) is 12.4 Å². The standard InChI is InChI=1S/C14H16N2O/c1-11-4-3-5-13(8-11)16(2)14-9-15-7-6-12(14)10-17/h3-9,17H,10H2,1-2H3. The zero-order valence-corrected chi connectivity index (χ0v) is 10.1. The largest absolute Gasteiger partial charge is 0.392 e. The quantitative estimate of drug-likeness (QED) is 0.877. The lowest BCUT2D eigenvalue weighted by molar-refractivity contribution is 0.282. The minimum Gasteiger partial charge on any atom is -0.392 e. The molecule has 3 heteroatoms. The molecule has 88 valence electrons. The number of aryl methyl sites for hydroxylation is 1. The van der Waals surface area contributed by atoms with Gasteiger partial charge in [-0.3, -0.25) is 4.98 Å². The van der Waals surface area contributed by atoms with Gasteiger partial charge in [-0.15, -0.1) is 0 Å². The zero-order chi connectivity index (χ0) is 12.3. The van der Waals surface area contributed by atoms with Gasteiger partial charge in [0.15, 0.2) is 0 Å². The van der Waals surface area contributed by atoms with Gasteiger partial charge in [-0.25, -0.2) is 0 Å². The van der Waals surface area contributed by atoms with Gasteiger partial charge in [0.25, 0.3) is 0 Å². The highest BCUT2D eigenvalue weighted by Gasteiger charge is 2.08. The second-order valence-corrected chi connectivity index (χ2v) is 4.06. The molecule has 0 aliphatic carbocycles. The highest BCUT2D eigenvalue weighted by Crippen LogP contribution is 2.26. The number of anilines is 2. The third-order valence-electron chi connectivity index (χ3n) is 2.81. The number of hydrogen-bond acceptors (Lipinski definition) is 3. The summed E-state index contributed by atoms with van der Waals surface area (Å²) in [6, 6.07) is 10.1. The second kappa shape index (κ2) is 4.97. The van der Waals surface area contributed by atoms with Gasteiger partial charge in [-0.1, -0.05) is 12.1 Å². The van der Waals surface area contributed by atoms with Crippen LogP contribution in [0.25, 0.3) is 0 Å². The van der Waals surface area contributed by atoms with Crippen LogP contribution < -0.4 is 4.90 Å². The molecule has 1 heterocycles. The Labute approximate surface area is 101 Å². The van der Waals surface area contributed by atoms with Gasteiger partial charge in [0.05, 0.1) is 18.5 Å². The van der Waals surface area contributed by atoms with Crippen molar-refractivity contribution in [2.24, 2.45) is 0 Å². The van der Waals surface area contributed by atoms with E-state index < -0.39 is 0 Å². The molecule has 0 aliphatic rings. The van der Waals surface area contributed by atoms with Crippen molar-refractivity contribution in [1.82, 2.24) is 4.98 Å². The molecule has 1 N–H and O–H groups in total. The smallest absolute Gasteiger partial charge is 0.0703 e. The summed E-state index contributed by atoms with van der Waals surface area (Å²) in [6.07, 6.45) is 3.47. The zero-order valence-electron chi connectivity index (χ0n) is 10.1. The molecule has 3 nitrogen and oxygen atoms in total. The number of aliphatic hydroxyl groups is 1. The van der Waals surface area contributed by atoms with Crippen LogP contribution in [-0.4, -0.2) is 17.1 Å². The van der Waals surface area contributed by atoms with Crippen LogP contribution in [-0.2, 0) is 6.61 Å². The van der Waals surface area contributed by atoms with E-state index in [2.05, 4.69) is 24.0 Å². The highest BCUT2D eigenvalue weighted by atomic mass is 16.3. The lowest BCUT2D eigenvalue weighted by Crippen LogP contribution is -2.12. The third kappa shape index (κ3) is 2.45. The summed E-state index contributed by atoms with van der Waals surface area (Å²) in [5.41, 5.74) is 4.11. The van der Waals surface area contributed by atoms with Crippen molar-refractivity contribution in [2.75, 3.05) is 11.9 Å². The Morgan fingerprint density at radius 2 is 2.12 bits per heavy atom. The van der Waals surface area contributed by atoms with Crippen molar-refractivity contribution in [2.45, 2.75) is 13.5 Å². The average molecular weight is 228 g/mol. The van der Waals surface area contributed by atoms with Crippen LogP contribution in [0.5, 0.6) is 0 Å². The number of aliphatic hydroxyl groups excluding tert-OH is 1. The Morgan fingerprint density at radius 1 is 1.29 bits per heavy atom. The van der Waals surface area contributed by atoms with E-state index in [4.69, 9.17) is 0 Å². The topological polar surface area (TPSA) is 36.4 Å². The lowest BCUT2D eigenvalue weighted by Gasteiger charge is -2.21. The first kappa shape index (κ1) is 11.6. The monoisotopic (exact) mass is 228 g/mol. The maximum atomic E-state index is 9.31. The number of rotatable bonds is 3. The first-order chi connectivity index (χ1) is 8.22. The fourth-order valence-corrected chi connectivity index (χ4v) is 1.83. The summed E-state index contributed by atoms with van der Waals surface area (Å²) in [5, 5.41) is 9.31. The summed E-state index contributed by atoms with van der Waals surface area (Å²) in [5.74, 6) is 0. The number of aromatic nitrogens is 1. The van der Waals surface area contributed by atoms with Crippen molar-refractivity contribution in [3.8, 4) is 0 Å². The molecular formula is C14H16N2O. The normalized spacial score (nSPS) is 10.3. The van der Waals surface area contributed by atoms with E-state index in [0.29, 0.717) is 0 Å². The molecule has 0 unspecified atom stereocenters. The van der Waals surface area contributed by atoms with Crippen molar-refractivity contribution >= 4 is 11.4 Å². The van der Waals surface area contributed by atoms with Crippen LogP contribution in [0.3, 0.4) is 0 Å². The van der Waals surface area contributed by atoms with Gasteiger partial charge in [0.1, 0.15) is 0 Å². The molecule has 2 aromatic rings. The molecule has 0 saturated heterocycles. The Balaban J connectivity index is 2.40. The number of benzene rings is 1. The van der Waals surface area contributed by atoms with Crippen LogP contribution in [0.15, 0.2) is 42.7 Å². The number of nitrogens with zero attached hydrogens (tertiary/aromatic N) is 2. The van der Waals surface area contributed by atoms with E-state index >= 15 is 0 Å². The van der Waals surface area contributed by atoms with Gasteiger partial charge < -0.3 is 10.0 Å². The fraction of sp³-hybridized carbons (Fsp3) is 0.214. The molecular weight excluding hydrogens is 212 g/mol. The second-order valence-electron chi connectivity index (χ2n) is 4.06. The maximum absolute atomic E-state index is 9.31. The van der Waals surface area contributed by atoms with E-state index in [0.717, 1.165) is 16.9 Å². The van der Waals surface area contributed by atoms with Crippen molar-refractivity contribution < 1.29 is 5.11 Å². The van der Waals surface area contributed by atoms with Crippen molar-refractivity contribution in [1.29, 1.82) is 0 Å². The Morgan fingerprint density at radius 3 is 2.82 bits per heavy atom. The summed E-state index contributed by atoms with van der Waals surface area (Å²) >= 11 is 0. The molecule has 0 aliphatic heterocycles. The van der Waals surface area contributed by atoms with Crippen LogP contribution in [0.2, 0.25) is 0 Å². The molecule has 0 fully saturated rings. The minimum atomic E-state index is 0.0218. The number of pyridine rings is 1. The SMILES string of the molecule is Cc1cccc(N(C)c2cnccc2CO)c1. The van der Waals surface area contributed by atoms with Crippen LogP contribution in [0.1, 0.15) is 11.1 Å². The molecule has 0 atom stereocenters. The van der Waals surface area contributed by atoms with Crippen LogP contribution in [0, 0.1) is 6.92 Å². The summed E-state index contributed by atoms with van der Waals surface area (Å²) in [6.45, 7) is 2.08. The molecule has 0 radical (unpaired) electrons. The van der Waals surface area contributed by atoms with Gasteiger partial charge in [-0.05, 0) is 30.7 Å². The molecule has 0 bridgehead atoms. The van der Waals surface area contributed by atoms with Gasteiger partial charge >= 0.3 is 0 Å². The summed E-state index contributed by atoms with van der Waals surface area (Å²) in [4.78, 5) is 6.14. The minimum absolute atomic E-state index is 0.0218. The molecule has 1 aromatic carbocycles. The van der Waals surface area contributed by atoms with Crippen molar-refractivity contribution in [3.63, 3.8) is 0 Å². The fourth-order valence-electron chi connectivity index (χ4n) is 1.83. The molecule has 2 rings (SSSR count). The average Bonchev–Trinajstić information content (AvgIpc) is 2.38. The first-order valence-electron chi connectivity index (χ1n) is 5.56. The van der Waals surface area contributed by atoms with Gasteiger partial charge in [-0.2, -0.15) is 0 Å². The first-order valence-corrected chi connectivity index (χ1v) is 5.56. The molecule has 17 heavy (non-hydrogen) atoms. The molecule has 1 aromatic heterocycles.